The predicted octanol–water partition coefficient (Wildman–Crippen LogP) is 2.42. The van der Waals surface area contributed by atoms with Crippen LogP contribution in [0, 0.1) is 17.0 Å². The minimum atomic E-state index is -0.388. The zero-order valence-electron chi connectivity index (χ0n) is 13.0. The first-order valence-electron chi connectivity index (χ1n) is 7.64. The van der Waals surface area contributed by atoms with Crippen molar-refractivity contribution in [1.29, 1.82) is 0 Å². The second kappa shape index (κ2) is 6.89. The molecule has 0 amide bonds. The Bertz CT molecular complexity index is 501. The maximum Gasteiger partial charge on any atom is 0.353 e. The van der Waals surface area contributed by atoms with E-state index in [-0.39, 0.29) is 22.8 Å². The molecule has 1 heterocycles. The van der Waals surface area contributed by atoms with E-state index in [1.807, 2.05) is 14.0 Å². The molecular formula is C14H24N4O3. The molecule has 118 valence electrons. The van der Waals surface area contributed by atoms with Crippen LogP contribution in [0.25, 0.3) is 0 Å². The van der Waals surface area contributed by atoms with Crippen LogP contribution in [0.4, 0.5) is 5.69 Å². The zero-order chi connectivity index (χ0) is 15.4. The van der Waals surface area contributed by atoms with Crippen LogP contribution in [-0.2, 0) is 6.54 Å². The highest BCUT2D eigenvalue weighted by Gasteiger charge is 2.32. The quantitative estimate of drug-likeness (QED) is 0.644. The van der Waals surface area contributed by atoms with Crippen molar-refractivity contribution < 1.29 is 9.66 Å². The van der Waals surface area contributed by atoms with Crippen LogP contribution in [0.3, 0.4) is 0 Å². The summed E-state index contributed by atoms with van der Waals surface area (Å²) in [4.78, 5) is 10.9. The molecule has 0 saturated heterocycles. The lowest BCUT2D eigenvalue weighted by Gasteiger charge is -2.31. The Morgan fingerprint density at radius 1 is 1.48 bits per heavy atom. The van der Waals surface area contributed by atoms with Crippen LogP contribution in [0.2, 0.25) is 0 Å². The van der Waals surface area contributed by atoms with Crippen LogP contribution < -0.4 is 10.1 Å². The second-order valence-corrected chi connectivity index (χ2v) is 5.56. The first-order valence-corrected chi connectivity index (χ1v) is 7.64. The number of aryl methyl sites for hydroxylation is 2. The van der Waals surface area contributed by atoms with Crippen molar-refractivity contribution in [3.63, 3.8) is 0 Å². The zero-order valence-corrected chi connectivity index (χ0v) is 13.0. The number of likely N-dealkylation sites (N-methyl/N-ethyl adjacent to an activating group) is 1. The van der Waals surface area contributed by atoms with Crippen LogP contribution in [-0.4, -0.2) is 33.9 Å². The Morgan fingerprint density at radius 2 is 2.19 bits per heavy atom. The van der Waals surface area contributed by atoms with Gasteiger partial charge in [0.05, 0.1) is 4.92 Å². The second-order valence-electron chi connectivity index (χ2n) is 5.56. The number of hydrogen-bond acceptors (Lipinski definition) is 5. The number of ether oxygens (including phenoxy) is 1. The first-order chi connectivity index (χ1) is 10.1. The molecule has 1 aromatic rings. The Morgan fingerprint density at radius 3 is 2.81 bits per heavy atom. The largest absolute Gasteiger partial charge is 0.468 e. The predicted molar refractivity (Wildman–Crippen MR) is 79.6 cm³/mol. The number of nitrogens with one attached hydrogen (secondary N) is 1. The van der Waals surface area contributed by atoms with E-state index < -0.39 is 0 Å². The summed E-state index contributed by atoms with van der Waals surface area (Å²) in [7, 11) is 1.91. The van der Waals surface area contributed by atoms with E-state index in [4.69, 9.17) is 4.74 Å². The van der Waals surface area contributed by atoms with Gasteiger partial charge in [0.2, 0.25) is 0 Å². The van der Waals surface area contributed by atoms with Gasteiger partial charge in [0.25, 0.3) is 5.88 Å². The Hall–Kier alpha value is -1.63. The summed E-state index contributed by atoms with van der Waals surface area (Å²) < 4.78 is 7.69. The van der Waals surface area contributed by atoms with Gasteiger partial charge in [0.15, 0.2) is 0 Å². The lowest BCUT2D eigenvalue weighted by atomic mass is 9.92. The molecule has 1 aliphatic rings. The topological polar surface area (TPSA) is 82.2 Å². The summed E-state index contributed by atoms with van der Waals surface area (Å²) in [5.41, 5.74) is 0.421. The Labute approximate surface area is 124 Å². The molecule has 0 aliphatic heterocycles. The van der Waals surface area contributed by atoms with Gasteiger partial charge in [0, 0.05) is 12.6 Å². The molecule has 0 radical (unpaired) electrons. The summed E-state index contributed by atoms with van der Waals surface area (Å²) in [5.74, 6) is 0.312. The fraction of sp³-hybridized carbons (Fsp3) is 0.786. The maximum absolute atomic E-state index is 11.3. The third-order valence-corrected chi connectivity index (χ3v) is 4.00. The number of nitrogens with zero attached hydrogens (tertiary/aromatic N) is 3. The molecule has 2 atom stereocenters. The number of hydrogen-bond donors (Lipinski definition) is 1. The van der Waals surface area contributed by atoms with Crippen molar-refractivity contribution in [1.82, 2.24) is 15.1 Å². The van der Waals surface area contributed by atoms with Crippen LogP contribution in [0.5, 0.6) is 5.88 Å². The van der Waals surface area contributed by atoms with Gasteiger partial charge in [-0.2, -0.15) is 5.10 Å². The van der Waals surface area contributed by atoms with Gasteiger partial charge in [-0.3, -0.25) is 10.1 Å². The van der Waals surface area contributed by atoms with Crippen molar-refractivity contribution >= 4 is 5.69 Å². The Kier molecular flexibility index (Phi) is 5.17. The molecule has 2 rings (SSSR count). The summed E-state index contributed by atoms with van der Waals surface area (Å²) in [6.07, 6.45) is 5.04. The van der Waals surface area contributed by atoms with Gasteiger partial charge < -0.3 is 10.1 Å². The van der Waals surface area contributed by atoms with Crippen molar-refractivity contribution in [2.24, 2.45) is 0 Å². The average molecular weight is 296 g/mol. The van der Waals surface area contributed by atoms with Crippen LogP contribution in [0.15, 0.2) is 0 Å². The normalized spacial score (nSPS) is 22.2. The minimum absolute atomic E-state index is 0.00359. The minimum Gasteiger partial charge on any atom is -0.468 e. The SMILES string of the molecule is CCCn1nc(C)c([N+](=O)[O-])c1OC1CCCCC1NC. The molecule has 1 saturated carbocycles. The average Bonchev–Trinajstić information content (AvgIpc) is 2.76. The lowest BCUT2D eigenvalue weighted by molar-refractivity contribution is -0.386. The highest BCUT2D eigenvalue weighted by molar-refractivity contribution is 5.46. The van der Waals surface area contributed by atoms with E-state index in [1.54, 1.807) is 11.6 Å². The fourth-order valence-electron chi connectivity index (χ4n) is 2.95. The lowest BCUT2D eigenvalue weighted by Crippen LogP contribution is -2.43. The van der Waals surface area contributed by atoms with E-state index in [0.717, 1.165) is 25.7 Å². The van der Waals surface area contributed by atoms with E-state index >= 15 is 0 Å². The molecule has 1 aromatic heterocycles. The summed E-state index contributed by atoms with van der Waals surface area (Å²) in [5, 5.41) is 18.8. The summed E-state index contributed by atoms with van der Waals surface area (Å²) in [6, 6.07) is 0.239. The Balaban J connectivity index is 2.30. The van der Waals surface area contributed by atoms with E-state index in [0.29, 0.717) is 18.1 Å². The molecule has 0 spiro atoms. The van der Waals surface area contributed by atoms with Gasteiger partial charge in [-0.25, -0.2) is 4.68 Å². The van der Waals surface area contributed by atoms with Gasteiger partial charge in [-0.1, -0.05) is 13.3 Å². The first kappa shape index (κ1) is 15.8. The van der Waals surface area contributed by atoms with Gasteiger partial charge in [-0.05, 0) is 39.7 Å². The molecule has 1 fully saturated rings. The molecule has 0 aromatic carbocycles. The molecular weight excluding hydrogens is 272 g/mol. The number of rotatable bonds is 6. The van der Waals surface area contributed by atoms with Crippen molar-refractivity contribution in [3.8, 4) is 5.88 Å². The molecule has 0 bridgehead atoms. The van der Waals surface area contributed by atoms with Gasteiger partial charge in [0.1, 0.15) is 11.8 Å². The van der Waals surface area contributed by atoms with E-state index in [2.05, 4.69) is 10.4 Å². The fourth-order valence-corrected chi connectivity index (χ4v) is 2.95. The highest BCUT2D eigenvalue weighted by atomic mass is 16.6. The van der Waals surface area contributed by atoms with Crippen LogP contribution in [0.1, 0.15) is 44.7 Å². The molecule has 21 heavy (non-hydrogen) atoms. The van der Waals surface area contributed by atoms with Crippen molar-refractivity contribution in [2.45, 2.75) is 64.6 Å². The summed E-state index contributed by atoms with van der Waals surface area (Å²) >= 11 is 0. The van der Waals surface area contributed by atoms with Gasteiger partial charge in [-0.15, -0.1) is 0 Å². The third kappa shape index (κ3) is 3.34. The molecule has 1 N–H and O–H groups in total. The maximum atomic E-state index is 11.3. The monoisotopic (exact) mass is 296 g/mol. The molecule has 7 nitrogen and oxygen atoms in total. The van der Waals surface area contributed by atoms with Crippen molar-refractivity contribution in [2.75, 3.05) is 7.05 Å². The van der Waals surface area contributed by atoms with E-state index in [1.165, 1.54) is 6.42 Å². The smallest absolute Gasteiger partial charge is 0.353 e. The third-order valence-electron chi connectivity index (χ3n) is 4.00. The standard InChI is InChI=1S/C14H24N4O3/c1-4-9-17-14(13(18(19)20)10(2)16-17)21-12-8-6-5-7-11(12)15-3/h11-12,15H,4-9H2,1-3H3. The van der Waals surface area contributed by atoms with Crippen LogP contribution >= 0.6 is 0 Å². The molecule has 2 unspecified atom stereocenters. The molecule has 7 heteroatoms. The molecule has 1 aliphatic carbocycles. The van der Waals surface area contributed by atoms with Crippen molar-refractivity contribution in [3.05, 3.63) is 15.8 Å². The number of aromatic nitrogens is 2. The highest BCUT2D eigenvalue weighted by Crippen LogP contribution is 2.33. The summed E-state index contributed by atoms with van der Waals surface area (Å²) in [6.45, 7) is 4.30. The van der Waals surface area contributed by atoms with E-state index in [9.17, 15) is 10.1 Å². The number of nitro groups is 1. The van der Waals surface area contributed by atoms with Gasteiger partial charge >= 0.3 is 5.69 Å².